The van der Waals surface area contributed by atoms with Gasteiger partial charge >= 0.3 is 5.97 Å². The molecule has 0 aromatic carbocycles. The summed E-state index contributed by atoms with van der Waals surface area (Å²) in [6.07, 6.45) is 0.184. The number of aromatic carboxylic acids is 1. The van der Waals surface area contributed by atoms with Crippen LogP contribution in [0, 0.1) is 12.8 Å². The molecule has 0 saturated carbocycles. The van der Waals surface area contributed by atoms with Crippen LogP contribution in [0.2, 0.25) is 0 Å². The lowest BCUT2D eigenvalue weighted by atomic mass is 10.1. The van der Waals surface area contributed by atoms with Crippen LogP contribution in [0.25, 0.3) is 0 Å². The zero-order valence-corrected chi connectivity index (χ0v) is 10.4. The van der Waals surface area contributed by atoms with E-state index in [0.717, 1.165) is 0 Å². The molecule has 19 heavy (non-hydrogen) atoms. The van der Waals surface area contributed by atoms with E-state index in [-0.39, 0.29) is 36.3 Å². The summed E-state index contributed by atoms with van der Waals surface area (Å²) in [6.45, 7) is 1.99. The van der Waals surface area contributed by atoms with Crippen molar-refractivity contribution in [3.05, 3.63) is 23.2 Å². The van der Waals surface area contributed by atoms with Gasteiger partial charge in [0.15, 0.2) is 0 Å². The highest BCUT2D eigenvalue weighted by Crippen LogP contribution is 2.15. The van der Waals surface area contributed by atoms with Gasteiger partial charge in [0.05, 0.1) is 12.5 Å². The summed E-state index contributed by atoms with van der Waals surface area (Å²) in [5.41, 5.74) is 0.0851. The van der Waals surface area contributed by atoms with Crippen LogP contribution in [-0.4, -0.2) is 29.4 Å². The lowest BCUT2D eigenvalue weighted by Gasteiger charge is -2.07. The molecule has 0 aliphatic carbocycles. The molecule has 102 valence electrons. The van der Waals surface area contributed by atoms with Crippen molar-refractivity contribution >= 4 is 17.8 Å². The maximum absolute atomic E-state index is 11.7. The summed E-state index contributed by atoms with van der Waals surface area (Å²) in [7, 11) is 0. The average Bonchev–Trinajstić information content (AvgIpc) is 2.92. The minimum atomic E-state index is -1.07. The molecule has 1 aromatic heterocycles. The summed E-state index contributed by atoms with van der Waals surface area (Å²) in [5.74, 6) is -1.15. The highest BCUT2D eigenvalue weighted by atomic mass is 16.4. The number of carbonyl (C=O) groups excluding carboxylic acids is 2. The van der Waals surface area contributed by atoms with Gasteiger partial charge in [-0.3, -0.25) is 9.59 Å². The number of carbonyl (C=O) groups is 3. The number of aryl methyl sites for hydroxylation is 1. The summed E-state index contributed by atoms with van der Waals surface area (Å²) in [4.78, 5) is 33.5. The third kappa shape index (κ3) is 2.93. The van der Waals surface area contributed by atoms with Crippen molar-refractivity contribution in [2.24, 2.45) is 5.92 Å². The molecule has 2 rings (SSSR count). The first-order valence-electron chi connectivity index (χ1n) is 5.84. The molecular formula is C12H14N2O5. The zero-order chi connectivity index (χ0) is 14.0. The molecule has 7 heteroatoms. The standard InChI is InChI=1S/C12H14N2O5/c1-6-9(12(17)18)3-8(19-6)5-14-11(16)7-2-10(15)13-4-7/h3,7H,2,4-5H2,1H3,(H,13,15)(H,14,16)(H,17,18). The van der Waals surface area contributed by atoms with E-state index in [1.165, 1.54) is 6.07 Å². The van der Waals surface area contributed by atoms with Gasteiger partial charge in [-0.2, -0.15) is 0 Å². The van der Waals surface area contributed by atoms with Gasteiger partial charge in [0.1, 0.15) is 17.1 Å². The predicted molar refractivity (Wildman–Crippen MR) is 63.4 cm³/mol. The average molecular weight is 266 g/mol. The van der Waals surface area contributed by atoms with Gasteiger partial charge in [-0.05, 0) is 13.0 Å². The summed E-state index contributed by atoms with van der Waals surface area (Å²) in [5, 5.41) is 14.1. The molecular weight excluding hydrogens is 252 g/mol. The monoisotopic (exact) mass is 266 g/mol. The van der Waals surface area contributed by atoms with Gasteiger partial charge in [-0.1, -0.05) is 0 Å². The van der Waals surface area contributed by atoms with E-state index in [1.807, 2.05) is 0 Å². The van der Waals surface area contributed by atoms with Gasteiger partial charge in [0.2, 0.25) is 11.8 Å². The van der Waals surface area contributed by atoms with Gasteiger partial charge < -0.3 is 20.2 Å². The van der Waals surface area contributed by atoms with Crippen LogP contribution in [0.1, 0.15) is 28.3 Å². The minimum absolute atomic E-state index is 0.0851. The molecule has 1 saturated heterocycles. The van der Waals surface area contributed by atoms with Crippen LogP contribution < -0.4 is 10.6 Å². The minimum Gasteiger partial charge on any atom is -0.478 e. The third-order valence-electron chi connectivity index (χ3n) is 2.98. The third-order valence-corrected chi connectivity index (χ3v) is 2.98. The maximum Gasteiger partial charge on any atom is 0.339 e. The molecule has 0 spiro atoms. The fraction of sp³-hybridized carbons (Fsp3) is 0.417. The second-order valence-corrected chi connectivity index (χ2v) is 4.41. The Balaban J connectivity index is 1.92. The number of hydrogen-bond acceptors (Lipinski definition) is 4. The Morgan fingerprint density at radius 2 is 2.32 bits per heavy atom. The Labute approximate surface area is 109 Å². The summed E-state index contributed by atoms with van der Waals surface area (Å²) in [6, 6.07) is 1.38. The van der Waals surface area contributed by atoms with Crippen LogP contribution in [0.15, 0.2) is 10.5 Å². The molecule has 1 fully saturated rings. The Bertz CT molecular complexity index is 534. The Hall–Kier alpha value is -2.31. The number of hydrogen-bond donors (Lipinski definition) is 3. The van der Waals surface area contributed by atoms with Crippen molar-refractivity contribution < 1.29 is 23.9 Å². The molecule has 0 radical (unpaired) electrons. The van der Waals surface area contributed by atoms with Crippen molar-refractivity contribution in [3.8, 4) is 0 Å². The van der Waals surface area contributed by atoms with Crippen LogP contribution in [0.4, 0.5) is 0 Å². The molecule has 1 atom stereocenters. The molecule has 0 bridgehead atoms. The van der Waals surface area contributed by atoms with E-state index in [2.05, 4.69) is 10.6 Å². The fourth-order valence-corrected chi connectivity index (χ4v) is 1.95. The van der Waals surface area contributed by atoms with Gasteiger partial charge in [-0.25, -0.2) is 4.79 Å². The number of furan rings is 1. The predicted octanol–water partition coefficient (Wildman–Crippen LogP) is 0.0385. The van der Waals surface area contributed by atoms with Crippen LogP contribution in [0.5, 0.6) is 0 Å². The van der Waals surface area contributed by atoms with Gasteiger partial charge in [0, 0.05) is 13.0 Å². The summed E-state index contributed by atoms with van der Waals surface area (Å²) < 4.78 is 5.23. The molecule has 1 unspecified atom stereocenters. The van der Waals surface area contributed by atoms with Crippen molar-refractivity contribution in [1.82, 2.24) is 10.6 Å². The van der Waals surface area contributed by atoms with E-state index >= 15 is 0 Å². The second kappa shape index (κ2) is 5.13. The molecule has 1 aliphatic heterocycles. The van der Waals surface area contributed by atoms with Crippen LogP contribution in [-0.2, 0) is 16.1 Å². The lowest BCUT2D eigenvalue weighted by molar-refractivity contribution is -0.126. The van der Waals surface area contributed by atoms with Gasteiger partial charge in [-0.15, -0.1) is 0 Å². The van der Waals surface area contributed by atoms with E-state index in [1.54, 1.807) is 6.92 Å². The highest BCUT2D eigenvalue weighted by molar-refractivity contribution is 5.89. The van der Waals surface area contributed by atoms with Crippen molar-refractivity contribution in [3.63, 3.8) is 0 Å². The normalized spacial score (nSPS) is 18.2. The Kier molecular flexibility index (Phi) is 3.55. The number of rotatable bonds is 4. The van der Waals surface area contributed by atoms with Gasteiger partial charge in [0.25, 0.3) is 0 Å². The first kappa shape index (κ1) is 13.1. The van der Waals surface area contributed by atoms with Crippen molar-refractivity contribution in [2.75, 3.05) is 6.54 Å². The first-order chi connectivity index (χ1) is 8.97. The van der Waals surface area contributed by atoms with Crippen molar-refractivity contribution in [1.29, 1.82) is 0 Å². The second-order valence-electron chi connectivity index (χ2n) is 4.41. The Morgan fingerprint density at radius 3 is 2.84 bits per heavy atom. The number of amides is 2. The molecule has 2 heterocycles. The largest absolute Gasteiger partial charge is 0.478 e. The lowest BCUT2D eigenvalue weighted by Crippen LogP contribution is -2.31. The SMILES string of the molecule is Cc1oc(CNC(=O)C2CNC(=O)C2)cc1C(=O)O. The topological polar surface area (TPSA) is 109 Å². The maximum atomic E-state index is 11.7. The fourth-order valence-electron chi connectivity index (χ4n) is 1.95. The zero-order valence-electron chi connectivity index (χ0n) is 10.4. The first-order valence-corrected chi connectivity index (χ1v) is 5.84. The smallest absolute Gasteiger partial charge is 0.339 e. The summed E-state index contributed by atoms with van der Waals surface area (Å²) >= 11 is 0. The van der Waals surface area contributed by atoms with Crippen LogP contribution in [0.3, 0.4) is 0 Å². The molecule has 3 N–H and O–H groups in total. The van der Waals surface area contributed by atoms with E-state index in [0.29, 0.717) is 18.1 Å². The Morgan fingerprint density at radius 1 is 1.58 bits per heavy atom. The van der Waals surface area contributed by atoms with Crippen molar-refractivity contribution in [2.45, 2.75) is 19.9 Å². The van der Waals surface area contributed by atoms with E-state index in [4.69, 9.17) is 9.52 Å². The molecule has 7 nitrogen and oxygen atoms in total. The number of carboxylic acids is 1. The van der Waals surface area contributed by atoms with E-state index in [9.17, 15) is 14.4 Å². The number of carboxylic acid groups (broad SMARTS) is 1. The quantitative estimate of drug-likeness (QED) is 0.713. The van der Waals surface area contributed by atoms with Crippen LogP contribution >= 0.6 is 0 Å². The molecule has 1 aromatic rings. The highest BCUT2D eigenvalue weighted by Gasteiger charge is 2.27. The molecule has 2 amide bonds. The number of nitrogens with one attached hydrogen (secondary N) is 2. The molecule has 1 aliphatic rings. The van der Waals surface area contributed by atoms with E-state index < -0.39 is 5.97 Å².